The van der Waals surface area contributed by atoms with E-state index >= 15 is 0 Å². The lowest BCUT2D eigenvalue weighted by molar-refractivity contribution is -0.126. The molecule has 1 heterocycles. The smallest absolute Gasteiger partial charge is 0.340 e. The number of benzene rings is 1. The maximum atomic E-state index is 12.3. The Labute approximate surface area is 158 Å². The number of hydrogen-bond donors (Lipinski definition) is 2. The molecule has 5 heteroatoms. The summed E-state index contributed by atoms with van der Waals surface area (Å²) < 4.78 is 5.26. The average Bonchev–Trinajstić information content (AvgIpc) is 3.08. The van der Waals surface area contributed by atoms with Crippen LogP contribution < -0.4 is 5.32 Å². The van der Waals surface area contributed by atoms with Crippen LogP contribution >= 0.6 is 0 Å². The van der Waals surface area contributed by atoms with Crippen molar-refractivity contribution < 1.29 is 14.3 Å². The number of para-hydroxylation sites is 1. The zero-order chi connectivity index (χ0) is 18.4. The van der Waals surface area contributed by atoms with Gasteiger partial charge in [-0.25, -0.2) is 4.79 Å². The maximum Gasteiger partial charge on any atom is 0.340 e. The molecule has 4 saturated carbocycles. The summed E-state index contributed by atoms with van der Waals surface area (Å²) in [6.07, 6.45) is 9.61. The van der Waals surface area contributed by atoms with Crippen molar-refractivity contribution in [3.05, 3.63) is 36.0 Å². The fraction of sp³-hybridized carbons (Fsp3) is 0.545. The second kappa shape index (κ2) is 6.39. The summed E-state index contributed by atoms with van der Waals surface area (Å²) in [5.41, 5.74) is 1.65. The Morgan fingerprint density at radius 1 is 1.07 bits per heavy atom. The van der Waals surface area contributed by atoms with Crippen molar-refractivity contribution in [2.45, 2.75) is 38.5 Å². The first-order chi connectivity index (χ1) is 13.1. The summed E-state index contributed by atoms with van der Waals surface area (Å²) in [6, 6.07) is 7.57. The Kier molecular flexibility index (Phi) is 3.99. The van der Waals surface area contributed by atoms with E-state index in [1.165, 1.54) is 38.5 Å². The van der Waals surface area contributed by atoms with Crippen LogP contribution in [0.1, 0.15) is 48.9 Å². The monoisotopic (exact) mass is 366 g/mol. The quantitative estimate of drug-likeness (QED) is 0.794. The highest BCUT2D eigenvalue weighted by Crippen LogP contribution is 2.59. The maximum absolute atomic E-state index is 12.3. The van der Waals surface area contributed by atoms with Crippen LogP contribution in [0.5, 0.6) is 0 Å². The normalized spacial score (nSPS) is 31.2. The van der Waals surface area contributed by atoms with Gasteiger partial charge in [-0.3, -0.25) is 4.79 Å². The van der Waals surface area contributed by atoms with E-state index in [2.05, 4.69) is 10.3 Å². The molecule has 0 saturated heterocycles. The first-order valence-electron chi connectivity index (χ1n) is 10.1. The molecule has 4 aliphatic rings. The van der Waals surface area contributed by atoms with Gasteiger partial charge in [-0.05, 0) is 67.8 Å². The van der Waals surface area contributed by atoms with Gasteiger partial charge < -0.3 is 15.0 Å². The molecule has 27 heavy (non-hydrogen) atoms. The Balaban J connectivity index is 1.15. The van der Waals surface area contributed by atoms with E-state index in [-0.39, 0.29) is 12.5 Å². The first-order valence-corrected chi connectivity index (χ1v) is 10.1. The Morgan fingerprint density at radius 2 is 1.74 bits per heavy atom. The molecule has 0 radical (unpaired) electrons. The number of nitrogens with one attached hydrogen (secondary N) is 2. The summed E-state index contributed by atoms with van der Waals surface area (Å²) in [7, 11) is 0. The third kappa shape index (κ3) is 3.13. The topological polar surface area (TPSA) is 71.2 Å². The predicted octanol–water partition coefficient (Wildman–Crippen LogP) is 3.66. The highest BCUT2D eigenvalue weighted by atomic mass is 16.5. The zero-order valence-electron chi connectivity index (χ0n) is 15.5. The molecule has 142 valence electrons. The van der Waals surface area contributed by atoms with Crippen molar-refractivity contribution >= 4 is 22.8 Å². The number of H-pyrrole nitrogens is 1. The van der Waals surface area contributed by atoms with Crippen LogP contribution in [0.4, 0.5) is 0 Å². The van der Waals surface area contributed by atoms with Gasteiger partial charge in [-0.15, -0.1) is 0 Å². The fourth-order valence-corrected chi connectivity index (χ4v) is 6.29. The number of rotatable bonds is 5. The Morgan fingerprint density at radius 3 is 2.44 bits per heavy atom. The van der Waals surface area contributed by atoms with E-state index < -0.39 is 5.97 Å². The molecule has 4 aliphatic carbocycles. The molecule has 1 aromatic heterocycles. The van der Waals surface area contributed by atoms with Crippen LogP contribution in [0.15, 0.2) is 30.5 Å². The summed E-state index contributed by atoms with van der Waals surface area (Å²) in [5.74, 6) is 1.95. The van der Waals surface area contributed by atoms with Crippen LogP contribution in [-0.4, -0.2) is 30.0 Å². The van der Waals surface area contributed by atoms with E-state index in [1.54, 1.807) is 6.20 Å². The molecule has 0 atom stereocenters. The van der Waals surface area contributed by atoms with Crippen LogP contribution in [-0.2, 0) is 9.53 Å². The van der Waals surface area contributed by atoms with Gasteiger partial charge in [0.2, 0.25) is 0 Å². The molecule has 6 rings (SSSR count). The number of carbonyl (C=O) groups excluding carboxylic acids is 2. The number of fused-ring (bicyclic) bond motifs is 1. The summed E-state index contributed by atoms with van der Waals surface area (Å²) in [4.78, 5) is 27.7. The van der Waals surface area contributed by atoms with Crippen LogP contribution in [0.3, 0.4) is 0 Å². The van der Waals surface area contributed by atoms with Gasteiger partial charge in [0, 0.05) is 23.6 Å². The highest BCUT2D eigenvalue weighted by molar-refractivity contribution is 6.04. The van der Waals surface area contributed by atoms with Crippen LogP contribution in [0.2, 0.25) is 0 Å². The van der Waals surface area contributed by atoms with E-state index in [1.807, 2.05) is 24.3 Å². The number of hydrogen-bond acceptors (Lipinski definition) is 3. The van der Waals surface area contributed by atoms with Gasteiger partial charge in [-0.2, -0.15) is 0 Å². The van der Waals surface area contributed by atoms with E-state index in [0.29, 0.717) is 11.0 Å². The molecule has 0 spiro atoms. The highest BCUT2D eigenvalue weighted by Gasteiger charge is 2.50. The number of aromatic amines is 1. The zero-order valence-corrected chi connectivity index (χ0v) is 15.5. The molecule has 2 aromatic rings. The van der Waals surface area contributed by atoms with Gasteiger partial charge in [0.15, 0.2) is 6.61 Å². The molecule has 4 bridgehead atoms. The second-order valence-electron chi connectivity index (χ2n) is 9.02. The summed E-state index contributed by atoms with van der Waals surface area (Å²) in [5, 5.41) is 3.87. The lowest BCUT2D eigenvalue weighted by atomic mass is 9.49. The van der Waals surface area contributed by atoms with Crippen molar-refractivity contribution in [1.29, 1.82) is 0 Å². The van der Waals surface area contributed by atoms with Gasteiger partial charge in [0.1, 0.15) is 0 Å². The number of esters is 1. The Hall–Kier alpha value is -2.30. The third-order valence-corrected chi connectivity index (χ3v) is 6.97. The van der Waals surface area contributed by atoms with Gasteiger partial charge in [-0.1, -0.05) is 18.2 Å². The van der Waals surface area contributed by atoms with E-state index in [9.17, 15) is 9.59 Å². The van der Waals surface area contributed by atoms with Crippen molar-refractivity contribution in [2.24, 2.45) is 23.2 Å². The van der Waals surface area contributed by atoms with Gasteiger partial charge >= 0.3 is 5.97 Å². The largest absolute Gasteiger partial charge is 0.452 e. The second-order valence-corrected chi connectivity index (χ2v) is 9.02. The van der Waals surface area contributed by atoms with Crippen LogP contribution in [0, 0.1) is 23.2 Å². The number of carbonyl (C=O) groups is 2. The standard InChI is InChI=1S/C22H26N2O3/c25-20(12-27-21(26)18-11-23-19-4-2-1-3-17(18)19)24-13-22-8-14-5-15(9-22)7-16(6-14)10-22/h1-4,11,14-16,23H,5-10,12-13H2,(H,24,25). The van der Waals surface area contributed by atoms with Crippen molar-refractivity contribution in [3.8, 4) is 0 Å². The Bertz CT molecular complexity index is 849. The minimum absolute atomic E-state index is 0.195. The molecule has 2 N–H and O–H groups in total. The lowest BCUT2D eigenvalue weighted by Crippen LogP contribution is -2.51. The SMILES string of the molecule is O=C(COC(=O)c1c[nH]c2ccccc12)NCC12CC3CC(CC(C3)C1)C2. The van der Waals surface area contributed by atoms with E-state index in [0.717, 1.165) is 35.2 Å². The predicted molar refractivity (Wildman–Crippen MR) is 102 cm³/mol. The molecule has 0 aliphatic heterocycles. The van der Waals surface area contributed by atoms with E-state index in [4.69, 9.17) is 4.74 Å². The minimum atomic E-state index is -0.461. The molecule has 0 unspecified atom stereocenters. The number of ether oxygens (including phenoxy) is 1. The summed E-state index contributed by atoms with van der Waals surface area (Å²) >= 11 is 0. The lowest BCUT2D eigenvalue weighted by Gasteiger charge is -2.56. The average molecular weight is 366 g/mol. The first kappa shape index (κ1) is 16.8. The minimum Gasteiger partial charge on any atom is -0.452 e. The van der Waals surface area contributed by atoms with Crippen LogP contribution in [0.25, 0.3) is 10.9 Å². The molecule has 1 amide bonds. The third-order valence-electron chi connectivity index (χ3n) is 6.97. The molecule has 1 aromatic carbocycles. The van der Waals surface area contributed by atoms with Crippen molar-refractivity contribution in [2.75, 3.05) is 13.2 Å². The molecule has 5 nitrogen and oxygen atoms in total. The molecular weight excluding hydrogens is 340 g/mol. The molecule has 4 fully saturated rings. The number of aromatic nitrogens is 1. The molecular formula is C22H26N2O3. The van der Waals surface area contributed by atoms with Crippen molar-refractivity contribution in [1.82, 2.24) is 10.3 Å². The summed E-state index contributed by atoms with van der Waals surface area (Å²) in [6.45, 7) is 0.519. The van der Waals surface area contributed by atoms with Gasteiger partial charge in [0.25, 0.3) is 5.91 Å². The van der Waals surface area contributed by atoms with Crippen molar-refractivity contribution in [3.63, 3.8) is 0 Å². The van der Waals surface area contributed by atoms with Gasteiger partial charge in [0.05, 0.1) is 5.56 Å². The number of amides is 1. The fourth-order valence-electron chi connectivity index (χ4n) is 6.29.